The number of hydrogen-bond donors (Lipinski definition) is 1. The third-order valence-corrected chi connectivity index (χ3v) is 5.35. The average molecular weight is 326 g/mol. The number of nitrogens with zero attached hydrogens (tertiary/aromatic N) is 1. The second kappa shape index (κ2) is 5.82. The number of methoxy groups -OCH3 is 1. The Labute approximate surface area is 129 Å². The molecule has 0 aromatic carbocycles. The zero-order chi connectivity index (χ0) is 15.7. The van der Waals surface area contributed by atoms with Gasteiger partial charge in [0.1, 0.15) is 4.88 Å². The highest BCUT2D eigenvalue weighted by Gasteiger charge is 2.25. The Morgan fingerprint density at radius 1 is 1.38 bits per heavy atom. The highest BCUT2D eigenvalue weighted by atomic mass is 32.1. The van der Waals surface area contributed by atoms with E-state index < -0.39 is 10.9 Å². The lowest BCUT2D eigenvalue weighted by molar-refractivity contribution is -0.380. The average Bonchev–Trinajstić information content (AvgIpc) is 3.01. The molecule has 0 saturated heterocycles. The zero-order valence-electron chi connectivity index (χ0n) is 11.7. The summed E-state index contributed by atoms with van der Waals surface area (Å²) in [6, 6.07) is 3.14. The van der Waals surface area contributed by atoms with Crippen LogP contribution >= 0.6 is 22.7 Å². The molecule has 2 rings (SSSR count). The van der Waals surface area contributed by atoms with Crippen molar-refractivity contribution >= 4 is 39.3 Å². The molecule has 8 heteroatoms. The van der Waals surface area contributed by atoms with Crippen molar-refractivity contribution in [2.24, 2.45) is 0 Å². The number of carbonyl (C=O) groups excluding carboxylic acids is 1. The molecule has 2 N–H and O–H groups in total. The number of nitro groups is 1. The molecule has 2 aromatic rings. The van der Waals surface area contributed by atoms with Gasteiger partial charge in [-0.15, -0.1) is 11.3 Å². The van der Waals surface area contributed by atoms with Gasteiger partial charge in [-0.3, -0.25) is 10.1 Å². The Balaban J connectivity index is 2.61. The molecule has 6 nitrogen and oxygen atoms in total. The number of nitrogens with two attached hydrogens (primary N) is 1. The maximum atomic E-state index is 11.8. The molecular formula is C13H14N2O4S2. The number of hydrogen-bond acceptors (Lipinski definition) is 7. The molecule has 0 atom stereocenters. The summed E-state index contributed by atoms with van der Waals surface area (Å²) < 4.78 is 4.73. The van der Waals surface area contributed by atoms with E-state index >= 15 is 0 Å². The van der Waals surface area contributed by atoms with Crippen molar-refractivity contribution in [3.63, 3.8) is 0 Å². The van der Waals surface area contributed by atoms with Crippen molar-refractivity contribution in [3.8, 4) is 9.75 Å². The molecule has 0 unspecified atom stereocenters. The SMILES string of the molecule is COC(=O)c1sc(-c2ccc([N+](=O)[O-])s2)c(C(C)C)c1N. The minimum absolute atomic E-state index is 0.0614. The van der Waals surface area contributed by atoms with E-state index in [9.17, 15) is 14.9 Å². The zero-order valence-corrected chi connectivity index (χ0v) is 13.3. The highest BCUT2D eigenvalue weighted by Crippen LogP contribution is 2.46. The lowest BCUT2D eigenvalue weighted by Crippen LogP contribution is -2.03. The first-order chi connectivity index (χ1) is 9.86. The van der Waals surface area contributed by atoms with Gasteiger partial charge in [-0.25, -0.2) is 4.79 Å². The normalized spacial score (nSPS) is 10.9. The number of thiophene rings is 2. The summed E-state index contributed by atoms with van der Waals surface area (Å²) in [5.41, 5.74) is 7.29. The molecular weight excluding hydrogens is 312 g/mol. The van der Waals surface area contributed by atoms with Crippen molar-refractivity contribution in [1.29, 1.82) is 0 Å². The first kappa shape index (κ1) is 15.5. The van der Waals surface area contributed by atoms with Gasteiger partial charge in [0.2, 0.25) is 0 Å². The van der Waals surface area contributed by atoms with Crippen LogP contribution in [0.5, 0.6) is 0 Å². The van der Waals surface area contributed by atoms with E-state index in [1.165, 1.54) is 24.5 Å². The van der Waals surface area contributed by atoms with Crippen LogP contribution in [0.4, 0.5) is 10.7 Å². The van der Waals surface area contributed by atoms with Crippen LogP contribution in [0.25, 0.3) is 9.75 Å². The van der Waals surface area contributed by atoms with Gasteiger partial charge in [0, 0.05) is 6.07 Å². The smallest absolute Gasteiger partial charge is 0.350 e. The second-order valence-corrected chi connectivity index (χ2v) is 6.71. The predicted molar refractivity (Wildman–Crippen MR) is 84.1 cm³/mol. The largest absolute Gasteiger partial charge is 0.465 e. The van der Waals surface area contributed by atoms with Gasteiger partial charge in [0.25, 0.3) is 0 Å². The Kier molecular flexibility index (Phi) is 4.29. The number of nitrogen functional groups attached to an aromatic ring is 1. The van der Waals surface area contributed by atoms with Crippen LogP contribution in [-0.4, -0.2) is 18.0 Å². The maximum absolute atomic E-state index is 11.8. The fourth-order valence-corrected chi connectivity index (χ4v) is 4.24. The van der Waals surface area contributed by atoms with Gasteiger partial charge in [-0.2, -0.15) is 0 Å². The topological polar surface area (TPSA) is 95.5 Å². The first-order valence-corrected chi connectivity index (χ1v) is 7.75. The van der Waals surface area contributed by atoms with Gasteiger partial charge in [-0.1, -0.05) is 25.2 Å². The summed E-state index contributed by atoms with van der Waals surface area (Å²) in [5.74, 6) is -0.396. The third-order valence-electron chi connectivity index (χ3n) is 2.93. The predicted octanol–water partition coefficient (Wildman–Crippen LogP) is 3.88. The molecule has 0 spiro atoms. The fourth-order valence-electron chi connectivity index (χ4n) is 2.01. The van der Waals surface area contributed by atoms with E-state index in [0.29, 0.717) is 10.6 Å². The van der Waals surface area contributed by atoms with Gasteiger partial charge in [0.05, 0.1) is 27.5 Å². The second-order valence-electron chi connectivity index (χ2n) is 4.63. The van der Waals surface area contributed by atoms with Crippen LogP contribution < -0.4 is 5.73 Å². The van der Waals surface area contributed by atoms with Crippen LogP contribution in [0.15, 0.2) is 12.1 Å². The van der Waals surface area contributed by atoms with Crippen LogP contribution in [0.1, 0.15) is 35.0 Å². The summed E-state index contributed by atoms with van der Waals surface area (Å²) in [4.78, 5) is 24.0. The minimum atomic E-state index is -0.489. The molecule has 0 radical (unpaired) electrons. The molecule has 0 fully saturated rings. The van der Waals surface area contributed by atoms with E-state index in [1.807, 2.05) is 13.8 Å². The van der Waals surface area contributed by atoms with E-state index in [1.54, 1.807) is 6.07 Å². The number of carbonyl (C=O) groups is 1. The van der Waals surface area contributed by atoms with Crippen molar-refractivity contribution in [1.82, 2.24) is 0 Å². The van der Waals surface area contributed by atoms with Gasteiger partial charge >= 0.3 is 11.0 Å². The monoisotopic (exact) mass is 326 g/mol. The number of rotatable bonds is 4. The van der Waals surface area contributed by atoms with Crippen molar-refractivity contribution < 1.29 is 14.5 Å². The Bertz CT molecular complexity index is 703. The summed E-state index contributed by atoms with van der Waals surface area (Å²) >= 11 is 2.28. The van der Waals surface area contributed by atoms with Gasteiger partial charge < -0.3 is 10.5 Å². The molecule has 112 valence electrons. The molecule has 0 aliphatic rings. The molecule has 2 aromatic heterocycles. The molecule has 21 heavy (non-hydrogen) atoms. The van der Waals surface area contributed by atoms with Crippen LogP contribution in [0.3, 0.4) is 0 Å². The van der Waals surface area contributed by atoms with E-state index in [0.717, 1.165) is 26.7 Å². The standard InChI is InChI=1S/C13H14N2O4S2/c1-6(2)9-10(14)12(13(16)19-3)21-11(9)7-4-5-8(20-7)15(17)18/h4-6H,14H2,1-3H3. The molecule has 0 aliphatic heterocycles. The Morgan fingerprint density at radius 3 is 2.52 bits per heavy atom. The first-order valence-electron chi connectivity index (χ1n) is 6.11. The number of anilines is 1. The maximum Gasteiger partial charge on any atom is 0.350 e. The lowest BCUT2D eigenvalue weighted by Gasteiger charge is -2.07. The summed E-state index contributed by atoms with van der Waals surface area (Å²) in [5, 5.41) is 10.9. The molecule has 0 bridgehead atoms. The summed E-state index contributed by atoms with van der Waals surface area (Å²) in [6.07, 6.45) is 0. The van der Waals surface area contributed by atoms with Gasteiger partial charge in [-0.05, 0) is 17.5 Å². The van der Waals surface area contributed by atoms with Crippen molar-refractivity contribution in [3.05, 3.63) is 32.7 Å². The molecule has 2 heterocycles. The summed E-state index contributed by atoms with van der Waals surface area (Å²) in [6.45, 7) is 3.93. The van der Waals surface area contributed by atoms with Crippen LogP contribution in [0, 0.1) is 10.1 Å². The molecule has 0 saturated carbocycles. The Hall–Kier alpha value is -1.93. The van der Waals surface area contributed by atoms with Crippen molar-refractivity contribution in [2.45, 2.75) is 19.8 Å². The van der Waals surface area contributed by atoms with E-state index in [4.69, 9.17) is 10.5 Å². The third kappa shape index (κ3) is 2.77. The van der Waals surface area contributed by atoms with E-state index in [-0.39, 0.29) is 10.9 Å². The quantitative estimate of drug-likeness (QED) is 0.522. The van der Waals surface area contributed by atoms with Crippen LogP contribution in [0.2, 0.25) is 0 Å². The highest BCUT2D eigenvalue weighted by molar-refractivity contribution is 7.25. The van der Waals surface area contributed by atoms with Gasteiger partial charge in [0.15, 0.2) is 0 Å². The fraction of sp³-hybridized carbons (Fsp3) is 0.308. The number of ether oxygens (including phenoxy) is 1. The van der Waals surface area contributed by atoms with E-state index in [2.05, 4.69) is 0 Å². The summed E-state index contributed by atoms with van der Waals surface area (Å²) in [7, 11) is 1.30. The lowest BCUT2D eigenvalue weighted by atomic mass is 10.0. The Morgan fingerprint density at radius 2 is 2.05 bits per heavy atom. The van der Waals surface area contributed by atoms with Crippen molar-refractivity contribution in [2.75, 3.05) is 12.8 Å². The molecule has 0 aliphatic carbocycles. The number of esters is 1. The molecule has 0 amide bonds. The minimum Gasteiger partial charge on any atom is -0.465 e. The van der Waals surface area contributed by atoms with Crippen LogP contribution in [-0.2, 0) is 4.74 Å².